The van der Waals surface area contributed by atoms with E-state index < -0.39 is 6.10 Å². The van der Waals surface area contributed by atoms with Crippen molar-refractivity contribution in [3.63, 3.8) is 0 Å². The molecule has 21 heavy (non-hydrogen) atoms. The summed E-state index contributed by atoms with van der Waals surface area (Å²) >= 11 is 0. The molecule has 1 N–H and O–H groups in total. The number of ketones is 1. The second kappa shape index (κ2) is 7.71. The lowest BCUT2D eigenvalue weighted by Crippen LogP contribution is -2.29. The van der Waals surface area contributed by atoms with Gasteiger partial charge in [0.25, 0.3) is 0 Å². The number of carbonyl (C=O) groups is 1. The van der Waals surface area contributed by atoms with Gasteiger partial charge in [0, 0.05) is 6.42 Å². The SMILES string of the molecule is C=CCOC1CCC(C)(C)C(/C=C/C(=O)CC(C)O)=C1C. The van der Waals surface area contributed by atoms with Crippen LogP contribution >= 0.6 is 0 Å². The first-order chi connectivity index (χ1) is 9.77. The van der Waals surface area contributed by atoms with Gasteiger partial charge in [0.1, 0.15) is 0 Å². The van der Waals surface area contributed by atoms with E-state index in [1.807, 2.05) is 6.08 Å². The third-order valence-corrected chi connectivity index (χ3v) is 4.02. The Kier molecular flexibility index (Phi) is 6.56. The molecule has 0 fully saturated rings. The Morgan fingerprint density at radius 3 is 2.81 bits per heavy atom. The summed E-state index contributed by atoms with van der Waals surface area (Å²) < 4.78 is 5.80. The van der Waals surface area contributed by atoms with Gasteiger partial charge in [0.05, 0.1) is 18.8 Å². The van der Waals surface area contributed by atoms with E-state index in [1.165, 1.54) is 11.1 Å². The first-order valence-corrected chi connectivity index (χ1v) is 7.60. The van der Waals surface area contributed by atoms with Crippen LogP contribution in [0.3, 0.4) is 0 Å². The Morgan fingerprint density at radius 2 is 2.24 bits per heavy atom. The Morgan fingerprint density at radius 1 is 1.57 bits per heavy atom. The molecule has 0 spiro atoms. The smallest absolute Gasteiger partial charge is 0.158 e. The van der Waals surface area contributed by atoms with Gasteiger partial charge < -0.3 is 9.84 Å². The fourth-order valence-corrected chi connectivity index (χ4v) is 2.84. The molecular weight excluding hydrogens is 264 g/mol. The highest BCUT2D eigenvalue weighted by Gasteiger charge is 2.32. The molecule has 3 nitrogen and oxygen atoms in total. The van der Waals surface area contributed by atoms with Gasteiger partial charge in [-0.05, 0) is 49.3 Å². The van der Waals surface area contributed by atoms with E-state index in [4.69, 9.17) is 4.74 Å². The number of ether oxygens (including phenoxy) is 1. The monoisotopic (exact) mass is 292 g/mol. The molecule has 0 aromatic rings. The summed E-state index contributed by atoms with van der Waals surface area (Å²) in [5.41, 5.74) is 2.40. The van der Waals surface area contributed by atoms with Gasteiger partial charge in [0.15, 0.2) is 5.78 Å². The van der Waals surface area contributed by atoms with Crippen LogP contribution in [-0.4, -0.2) is 29.7 Å². The quantitative estimate of drug-likeness (QED) is 0.576. The van der Waals surface area contributed by atoms with Crippen LogP contribution in [0.15, 0.2) is 36.0 Å². The van der Waals surface area contributed by atoms with E-state index >= 15 is 0 Å². The maximum absolute atomic E-state index is 11.8. The summed E-state index contributed by atoms with van der Waals surface area (Å²) in [6.07, 6.45) is 6.94. The summed E-state index contributed by atoms with van der Waals surface area (Å²) in [5.74, 6) is -0.0461. The van der Waals surface area contributed by atoms with Crippen molar-refractivity contribution in [2.75, 3.05) is 6.61 Å². The predicted octanol–water partition coefficient (Wildman–Crippen LogP) is 3.59. The molecule has 0 heterocycles. The van der Waals surface area contributed by atoms with Crippen molar-refractivity contribution >= 4 is 5.78 Å². The van der Waals surface area contributed by atoms with E-state index in [0.29, 0.717) is 6.61 Å². The molecule has 2 unspecified atom stereocenters. The fourth-order valence-electron chi connectivity index (χ4n) is 2.84. The zero-order valence-electron chi connectivity index (χ0n) is 13.7. The number of carbonyl (C=O) groups excluding carboxylic acids is 1. The molecule has 1 aliphatic rings. The third kappa shape index (κ3) is 5.25. The lowest BCUT2D eigenvalue weighted by Gasteiger charge is -2.37. The second-order valence-electron chi connectivity index (χ2n) is 6.48. The molecule has 0 radical (unpaired) electrons. The van der Waals surface area contributed by atoms with E-state index in [2.05, 4.69) is 27.4 Å². The van der Waals surface area contributed by atoms with Crippen LogP contribution in [0.4, 0.5) is 0 Å². The summed E-state index contributed by atoms with van der Waals surface area (Å²) in [6.45, 7) is 12.3. The van der Waals surface area contributed by atoms with Crippen LogP contribution in [0.25, 0.3) is 0 Å². The van der Waals surface area contributed by atoms with Crippen molar-refractivity contribution in [2.24, 2.45) is 5.41 Å². The molecule has 0 saturated carbocycles. The zero-order valence-corrected chi connectivity index (χ0v) is 13.7. The minimum Gasteiger partial charge on any atom is -0.393 e. The van der Waals surface area contributed by atoms with Gasteiger partial charge >= 0.3 is 0 Å². The maximum Gasteiger partial charge on any atom is 0.158 e. The largest absolute Gasteiger partial charge is 0.393 e. The molecule has 0 aromatic heterocycles. The topological polar surface area (TPSA) is 46.5 Å². The van der Waals surface area contributed by atoms with Crippen LogP contribution in [0.5, 0.6) is 0 Å². The first-order valence-electron chi connectivity index (χ1n) is 7.60. The molecule has 2 atom stereocenters. The molecule has 0 aliphatic heterocycles. The Balaban J connectivity index is 2.93. The van der Waals surface area contributed by atoms with Gasteiger partial charge in [-0.2, -0.15) is 0 Å². The predicted molar refractivity (Wildman–Crippen MR) is 86.1 cm³/mol. The normalized spacial score (nSPS) is 23.4. The van der Waals surface area contributed by atoms with Crippen molar-refractivity contribution < 1.29 is 14.6 Å². The molecule has 3 heteroatoms. The lowest BCUT2D eigenvalue weighted by molar-refractivity contribution is -0.116. The third-order valence-electron chi connectivity index (χ3n) is 4.02. The van der Waals surface area contributed by atoms with E-state index in [1.54, 1.807) is 19.1 Å². The first kappa shape index (κ1) is 17.9. The molecule has 0 saturated heterocycles. The Hall–Kier alpha value is -1.19. The zero-order chi connectivity index (χ0) is 16.0. The van der Waals surface area contributed by atoms with E-state index in [0.717, 1.165) is 12.8 Å². The number of rotatable bonds is 7. The highest BCUT2D eigenvalue weighted by molar-refractivity contribution is 5.90. The number of aliphatic hydroxyl groups excluding tert-OH is 1. The average molecular weight is 292 g/mol. The van der Waals surface area contributed by atoms with Crippen LogP contribution in [0, 0.1) is 5.41 Å². The Bertz CT molecular complexity index is 441. The van der Waals surface area contributed by atoms with E-state index in [-0.39, 0.29) is 23.7 Å². The molecule has 118 valence electrons. The van der Waals surface area contributed by atoms with Crippen LogP contribution in [0.2, 0.25) is 0 Å². The highest BCUT2D eigenvalue weighted by atomic mass is 16.5. The highest BCUT2D eigenvalue weighted by Crippen LogP contribution is 2.41. The standard InChI is InChI=1S/C18H28O3/c1-6-11-21-17-9-10-18(4,5)16(14(17)3)8-7-15(20)12-13(2)19/h6-8,13,17,19H,1,9-12H2,2-5H3/b8-7+. The molecule has 0 aromatic carbocycles. The van der Waals surface area contributed by atoms with Crippen LogP contribution < -0.4 is 0 Å². The molecule has 1 rings (SSSR count). The minimum atomic E-state index is -0.597. The lowest BCUT2D eigenvalue weighted by atomic mass is 9.71. The van der Waals surface area contributed by atoms with Crippen molar-refractivity contribution in [3.8, 4) is 0 Å². The van der Waals surface area contributed by atoms with Crippen molar-refractivity contribution in [2.45, 2.75) is 59.2 Å². The molecule has 0 bridgehead atoms. The number of aliphatic hydroxyl groups is 1. The summed E-state index contributed by atoms with van der Waals surface area (Å²) in [6, 6.07) is 0. The summed E-state index contributed by atoms with van der Waals surface area (Å²) in [4.78, 5) is 11.8. The van der Waals surface area contributed by atoms with Crippen LogP contribution in [-0.2, 0) is 9.53 Å². The number of hydrogen-bond acceptors (Lipinski definition) is 3. The molecular formula is C18H28O3. The minimum absolute atomic E-state index is 0.0414. The maximum atomic E-state index is 11.8. The molecule has 0 amide bonds. The number of hydrogen-bond donors (Lipinski definition) is 1. The van der Waals surface area contributed by atoms with E-state index in [9.17, 15) is 9.90 Å². The van der Waals surface area contributed by atoms with Gasteiger partial charge in [0.2, 0.25) is 0 Å². The van der Waals surface area contributed by atoms with Crippen molar-refractivity contribution in [3.05, 3.63) is 36.0 Å². The van der Waals surface area contributed by atoms with Gasteiger partial charge in [-0.25, -0.2) is 0 Å². The van der Waals surface area contributed by atoms with Gasteiger partial charge in [-0.1, -0.05) is 26.0 Å². The van der Waals surface area contributed by atoms with Crippen molar-refractivity contribution in [1.29, 1.82) is 0 Å². The Labute approximate surface area is 128 Å². The number of allylic oxidation sites excluding steroid dienone is 3. The van der Waals surface area contributed by atoms with Crippen LogP contribution in [0.1, 0.15) is 47.0 Å². The second-order valence-corrected chi connectivity index (χ2v) is 6.48. The summed E-state index contributed by atoms with van der Waals surface area (Å²) in [7, 11) is 0. The van der Waals surface area contributed by atoms with Crippen molar-refractivity contribution in [1.82, 2.24) is 0 Å². The average Bonchev–Trinajstić information content (AvgIpc) is 2.36. The molecule has 1 aliphatic carbocycles. The van der Waals surface area contributed by atoms with Gasteiger partial charge in [-0.15, -0.1) is 6.58 Å². The van der Waals surface area contributed by atoms with Gasteiger partial charge in [-0.3, -0.25) is 4.79 Å². The summed E-state index contributed by atoms with van der Waals surface area (Å²) in [5, 5.41) is 9.26. The fraction of sp³-hybridized carbons (Fsp3) is 0.611.